The van der Waals surface area contributed by atoms with Crippen LogP contribution in [0.2, 0.25) is 0 Å². The van der Waals surface area contributed by atoms with Crippen LogP contribution in [0, 0.1) is 13.0 Å². The predicted molar refractivity (Wildman–Crippen MR) is 147 cm³/mol. The number of hydrogen-bond donors (Lipinski definition) is 1. The number of carbonyl (C=O) groups is 2. The van der Waals surface area contributed by atoms with Crippen molar-refractivity contribution in [2.24, 2.45) is 0 Å². The van der Waals surface area contributed by atoms with Gasteiger partial charge in [-0.3, -0.25) is 9.59 Å². The number of nitrogens with one attached hydrogen (secondary N) is 1. The van der Waals surface area contributed by atoms with Gasteiger partial charge in [0.15, 0.2) is 5.91 Å². The van der Waals surface area contributed by atoms with Crippen LogP contribution >= 0.6 is 37.2 Å². The molecule has 0 aromatic heterocycles. The number of benzene rings is 1. The van der Waals surface area contributed by atoms with Crippen molar-refractivity contribution in [3.63, 3.8) is 0 Å². The Bertz CT molecular complexity index is 398. The van der Waals surface area contributed by atoms with E-state index in [1.807, 2.05) is 85.7 Å². The van der Waals surface area contributed by atoms with Gasteiger partial charge in [-0.05, 0) is 20.3 Å². The van der Waals surface area contributed by atoms with Gasteiger partial charge in [0, 0.05) is 83.0 Å². The summed E-state index contributed by atoms with van der Waals surface area (Å²) in [7, 11) is 1.62. The fourth-order valence-electron chi connectivity index (χ4n) is 1.38. The van der Waals surface area contributed by atoms with Crippen LogP contribution in [-0.2, 0) is 42.3 Å². The van der Waals surface area contributed by atoms with E-state index in [1.165, 1.54) is 4.90 Å². The molecule has 1 radical (unpaired) electrons. The van der Waals surface area contributed by atoms with Crippen molar-refractivity contribution in [1.82, 2.24) is 10.2 Å². The smallest absolute Gasteiger partial charge is 0.242 e. The van der Waals surface area contributed by atoms with Crippen molar-refractivity contribution in [3.05, 3.63) is 43.3 Å². The Labute approximate surface area is 236 Å². The van der Waals surface area contributed by atoms with Crippen molar-refractivity contribution < 1.29 is 42.3 Å². The van der Waals surface area contributed by atoms with E-state index in [2.05, 4.69) is 55.5 Å². The van der Waals surface area contributed by atoms with Gasteiger partial charge in [-0.25, -0.2) is 0 Å². The molecule has 4 nitrogen and oxygen atoms in total. The van der Waals surface area contributed by atoms with E-state index in [-0.39, 0.29) is 57.0 Å². The minimum absolute atomic E-state index is 0. The minimum Gasteiger partial charge on any atom is -0.352 e. The van der Waals surface area contributed by atoms with E-state index in [1.54, 1.807) is 14.0 Å². The summed E-state index contributed by atoms with van der Waals surface area (Å²) in [5.74, 6) is -0.240. The van der Waals surface area contributed by atoms with Crippen LogP contribution in [0.5, 0.6) is 0 Å². The third kappa shape index (κ3) is 30.9. The topological polar surface area (TPSA) is 49.4 Å². The Morgan fingerprint density at radius 3 is 1.63 bits per heavy atom. The monoisotopic (exact) mass is 723 g/mol. The Hall–Kier alpha value is 0.724. The maximum Gasteiger partial charge on any atom is 0.242 e. The van der Waals surface area contributed by atoms with E-state index in [4.69, 9.17) is 0 Å². The first-order valence-electron chi connectivity index (χ1n) is 10.3. The summed E-state index contributed by atoms with van der Waals surface area (Å²) >= 11 is 4.24. The van der Waals surface area contributed by atoms with Crippen LogP contribution in [0.25, 0.3) is 0 Å². The molecular formula is C23H44I2N2O2Y-2. The summed E-state index contributed by atoms with van der Waals surface area (Å²) in [6.07, 6.45) is 1.06. The molecule has 7 heteroatoms. The molecule has 1 N–H and O–H groups in total. The molecule has 0 aliphatic carbocycles. The maximum absolute atomic E-state index is 11.6. The molecule has 1 rings (SSSR count). The summed E-state index contributed by atoms with van der Waals surface area (Å²) in [4.78, 5) is 24.4. The van der Waals surface area contributed by atoms with Gasteiger partial charge in [-0.1, -0.05) is 48.5 Å². The zero-order valence-corrected chi connectivity index (χ0v) is 27.9. The first kappa shape index (κ1) is 44.4. The fraction of sp³-hybridized carbons (Fsp3) is 0.609. The standard InChI is InChI=1S/C11H21N2O2.C6H5.3C2H6.I2.Y/c1-6-8(3)12-11(15)9(4)13(5)10(14)7-2;1-2-4-6-5-3-1;4*1-2;/h8-9H,2,6-7H2,1,3-5H3,(H,12,15);1-5H;3*1-2H3;;/q2*-1;;;;;. The molecule has 30 heavy (non-hydrogen) atoms. The molecule has 0 heterocycles. The molecule has 1 aromatic carbocycles. The Balaban J connectivity index is -0.0000000796. The molecule has 2 unspecified atom stereocenters. The number of halogens is 2. The van der Waals surface area contributed by atoms with Gasteiger partial charge in [0.1, 0.15) is 6.04 Å². The summed E-state index contributed by atoms with van der Waals surface area (Å²) in [5.41, 5.74) is 0. The molecule has 177 valence electrons. The van der Waals surface area contributed by atoms with Crippen LogP contribution in [0.15, 0.2) is 30.3 Å². The van der Waals surface area contributed by atoms with Crippen LogP contribution in [0.3, 0.4) is 0 Å². The summed E-state index contributed by atoms with van der Waals surface area (Å²) < 4.78 is 0. The summed E-state index contributed by atoms with van der Waals surface area (Å²) in [6.45, 7) is 21.2. The van der Waals surface area contributed by atoms with Gasteiger partial charge >= 0.3 is 0 Å². The van der Waals surface area contributed by atoms with E-state index in [0.29, 0.717) is 0 Å². The Kier molecular flexibility index (Phi) is 59.4. The molecule has 0 bridgehead atoms. The van der Waals surface area contributed by atoms with E-state index in [0.717, 1.165) is 6.42 Å². The van der Waals surface area contributed by atoms with Crippen molar-refractivity contribution in [2.75, 3.05) is 7.05 Å². The quantitative estimate of drug-likeness (QED) is 0.256. The van der Waals surface area contributed by atoms with Crippen LogP contribution < -0.4 is 5.32 Å². The number of nitrogens with zero attached hydrogens (tertiary/aromatic N) is 1. The van der Waals surface area contributed by atoms with Gasteiger partial charge in [-0.15, -0.1) is 6.42 Å². The molecule has 0 saturated heterocycles. The molecule has 0 saturated carbocycles. The third-order valence-corrected chi connectivity index (χ3v) is 3.18. The van der Waals surface area contributed by atoms with Crippen LogP contribution in [0.4, 0.5) is 0 Å². The number of rotatable bonds is 5. The first-order chi connectivity index (χ1) is 13.9. The third-order valence-electron chi connectivity index (χ3n) is 3.18. The minimum atomic E-state index is -0.437. The fourth-order valence-corrected chi connectivity index (χ4v) is 1.38. The second-order valence-corrected chi connectivity index (χ2v) is 4.83. The van der Waals surface area contributed by atoms with Gasteiger partial charge in [0.2, 0.25) is 5.91 Å². The van der Waals surface area contributed by atoms with Gasteiger partial charge in [0.05, 0.1) is 0 Å². The molecule has 2 atom stereocenters. The molecule has 0 fully saturated rings. The second kappa shape index (κ2) is 40.1. The van der Waals surface area contributed by atoms with Crippen LogP contribution in [0.1, 0.15) is 75.2 Å². The average Bonchev–Trinajstić information content (AvgIpc) is 2.84. The summed E-state index contributed by atoms with van der Waals surface area (Å²) in [5, 5.41) is 2.84. The number of amides is 2. The largest absolute Gasteiger partial charge is 0.352 e. The predicted octanol–water partition coefficient (Wildman–Crippen LogP) is 7.31. The maximum atomic E-state index is 11.6. The number of carbonyl (C=O) groups excluding carboxylic acids is 2. The number of hydrogen-bond acceptors (Lipinski definition) is 2. The van der Waals surface area contributed by atoms with E-state index >= 15 is 0 Å². The van der Waals surface area contributed by atoms with E-state index in [9.17, 15) is 9.59 Å². The van der Waals surface area contributed by atoms with Crippen LogP contribution in [-0.4, -0.2) is 35.8 Å². The van der Waals surface area contributed by atoms with Gasteiger partial charge < -0.3 is 17.1 Å². The number of likely N-dealkylation sites (N-methyl/N-ethyl adjacent to an activating group) is 1. The molecule has 0 aliphatic rings. The Morgan fingerprint density at radius 2 is 1.40 bits per heavy atom. The molecule has 0 aliphatic heterocycles. The molecule has 1 aromatic rings. The zero-order valence-electron chi connectivity index (χ0n) is 20.8. The Morgan fingerprint density at radius 1 is 1.00 bits per heavy atom. The molecule has 0 spiro atoms. The van der Waals surface area contributed by atoms with Crippen molar-refractivity contribution in [1.29, 1.82) is 0 Å². The molecular weight excluding hydrogens is 679 g/mol. The zero-order chi connectivity index (χ0) is 24.3. The molecule has 2 amide bonds. The normalized spacial score (nSPS) is 9.50. The van der Waals surface area contributed by atoms with E-state index < -0.39 is 6.04 Å². The first-order valence-corrected chi connectivity index (χ1v) is 16.6. The van der Waals surface area contributed by atoms with Gasteiger partial charge in [0.25, 0.3) is 0 Å². The average molecular weight is 723 g/mol. The SMILES string of the molecule is CC.CC.CC.II.[CH2-]CC(=O)N(C)C(C)C(=O)NC(C)CC.[Y].[c-]1ccccc1. The van der Waals surface area contributed by atoms with Crippen molar-refractivity contribution in [3.8, 4) is 0 Å². The van der Waals surface area contributed by atoms with Crippen molar-refractivity contribution in [2.45, 2.75) is 87.2 Å². The van der Waals surface area contributed by atoms with Gasteiger partial charge in [-0.2, -0.15) is 36.4 Å². The second-order valence-electron chi connectivity index (χ2n) is 4.83. The summed E-state index contributed by atoms with van der Waals surface area (Å²) in [6, 6.07) is 12.2. The van der Waals surface area contributed by atoms with Crippen molar-refractivity contribution >= 4 is 49.0 Å².